The third-order valence-electron chi connectivity index (χ3n) is 7.37. The molecular formula is C29H27F3N8O2. The number of hydrogen-bond acceptors (Lipinski definition) is 8. The minimum Gasteiger partial charge on any atom is -0.334 e. The standard InChI is InChI=1S/C29H27F3N8O2/c1-17-3-4-18(12-23(17)26-36-28(42-38-26)21-11-20-15-34-37-25(20)33-14-21)27(41)35-22-6-5-19(24(13-22)29(30,31)32)16-40-9-7-39(2)8-10-40/h3-6,11-15H,7-10,16H2,1-2H3,(H,35,41)(H,33,34,37). The molecule has 10 nitrogen and oxygen atoms in total. The van der Waals surface area contributed by atoms with Crippen molar-refractivity contribution in [3.63, 3.8) is 0 Å². The topological polar surface area (TPSA) is 116 Å². The van der Waals surface area contributed by atoms with E-state index in [2.05, 4.69) is 35.5 Å². The van der Waals surface area contributed by atoms with Gasteiger partial charge in [0.05, 0.1) is 17.3 Å². The first-order valence-corrected chi connectivity index (χ1v) is 13.3. The quantitative estimate of drug-likeness (QED) is 0.290. The van der Waals surface area contributed by atoms with Crippen molar-refractivity contribution in [2.24, 2.45) is 0 Å². The smallest absolute Gasteiger partial charge is 0.334 e. The zero-order chi connectivity index (χ0) is 29.4. The van der Waals surface area contributed by atoms with Crippen LogP contribution in [0.15, 0.2) is 59.4 Å². The van der Waals surface area contributed by atoms with Crippen LogP contribution in [-0.4, -0.2) is 74.3 Å². The lowest BCUT2D eigenvalue weighted by Gasteiger charge is -2.33. The Kier molecular flexibility index (Phi) is 7.21. The molecule has 0 spiro atoms. The summed E-state index contributed by atoms with van der Waals surface area (Å²) in [6, 6.07) is 10.7. The predicted octanol–water partition coefficient (Wildman–Crippen LogP) is 5.00. The second kappa shape index (κ2) is 11.0. The summed E-state index contributed by atoms with van der Waals surface area (Å²) in [6.45, 7) is 5.02. The number of aromatic nitrogens is 5. The summed E-state index contributed by atoms with van der Waals surface area (Å²) in [7, 11) is 1.99. The molecule has 1 fully saturated rings. The third kappa shape index (κ3) is 5.74. The van der Waals surface area contributed by atoms with Crippen molar-refractivity contribution in [2.45, 2.75) is 19.6 Å². The molecule has 13 heteroatoms. The maximum absolute atomic E-state index is 14.0. The van der Waals surface area contributed by atoms with Crippen LogP contribution >= 0.6 is 0 Å². The molecule has 2 aromatic carbocycles. The number of carbonyl (C=O) groups excluding carboxylic acids is 1. The first-order valence-electron chi connectivity index (χ1n) is 13.3. The van der Waals surface area contributed by atoms with E-state index in [9.17, 15) is 18.0 Å². The van der Waals surface area contributed by atoms with Gasteiger partial charge in [-0.05, 0) is 55.4 Å². The number of hydrogen-bond donors (Lipinski definition) is 2. The monoisotopic (exact) mass is 576 g/mol. The molecule has 4 heterocycles. The number of pyridine rings is 1. The number of nitrogens with one attached hydrogen (secondary N) is 2. The minimum absolute atomic E-state index is 0.0561. The number of benzene rings is 2. The van der Waals surface area contributed by atoms with Crippen molar-refractivity contribution in [1.82, 2.24) is 35.1 Å². The van der Waals surface area contributed by atoms with E-state index in [4.69, 9.17) is 4.52 Å². The highest BCUT2D eigenvalue weighted by Crippen LogP contribution is 2.35. The van der Waals surface area contributed by atoms with Crippen molar-refractivity contribution < 1.29 is 22.5 Å². The Morgan fingerprint density at radius 1 is 1.07 bits per heavy atom. The van der Waals surface area contributed by atoms with Gasteiger partial charge in [-0.3, -0.25) is 14.8 Å². The molecule has 216 valence electrons. The number of anilines is 1. The largest absolute Gasteiger partial charge is 0.416 e. The van der Waals surface area contributed by atoms with E-state index in [0.29, 0.717) is 29.9 Å². The summed E-state index contributed by atoms with van der Waals surface area (Å²) in [5.41, 5.74) is 2.28. The second-order valence-electron chi connectivity index (χ2n) is 10.4. The number of rotatable bonds is 6. The van der Waals surface area contributed by atoms with Gasteiger partial charge in [-0.25, -0.2) is 4.98 Å². The molecule has 0 saturated carbocycles. The molecule has 1 aliphatic rings. The van der Waals surface area contributed by atoms with Crippen LogP contribution in [0.1, 0.15) is 27.0 Å². The van der Waals surface area contributed by atoms with Gasteiger partial charge in [0.15, 0.2) is 5.65 Å². The van der Waals surface area contributed by atoms with Crippen LogP contribution in [0.4, 0.5) is 18.9 Å². The lowest BCUT2D eigenvalue weighted by molar-refractivity contribution is -0.138. The Morgan fingerprint density at radius 3 is 2.67 bits per heavy atom. The number of H-pyrrole nitrogens is 1. The van der Waals surface area contributed by atoms with Crippen LogP contribution in [0.2, 0.25) is 0 Å². The van der Waals surface area contributed by atoms with Gasteiger partial charge in [0.2, 0.25) is 5.82 Å². The molecular weight excluding hydrogens is 549 g/mol. The fourth-order valence-corrected chi connectivity index (χ4v) is 4.91. The molecule has 0 aliphatic carbocycles. The Morgan fingerprint density at radius 2 is 1.88 bits per heavy atom. The SMILES string of the molecule is Cc1ccc(C(=O)Nc2ccc(CN3CCN(C)CC3)c(C(F)(F)F)c2)cc1-c1noc(-c2cnc3[nH]ncc3c2)n1. The highest BCUT2D eigenvalue weighted by molar-refractivity contribution is 6.05. The minimum atomic E-state index is -4.56. The highest BCUT2D eigenvalue weighted by atomic mass is 19.4. The Balaban J connectivity index is 1.22. The van der Waals surface area contributed by atoms with Gasteiger partial charge in [-0.15, -0.1) is 0 Å². The lowest BCUT2D eigenvalue weighted by atomic mass is 10.0. The number of aryl methyl sites for hydroxylation is 1. The van der Waals surface area contributed by atoms with Gasteiger partial charge in [-0.2, -0.15) is 23.3 Å². The van der Waals surface area contributed by atoms with Gasteiger partial charge in [-0.1, -0.05) is 17.3 Å². The Labute approximate surface area is 238 Å². The normalized spacial score (nSPS) is 14.9. The molecule has 1 amide bonds. The molecule has 0 atom stereocenters. The molecule has 5 aromatic rings. The summed E-state index contributed by atoms with van der Waals surface area (Å²) in [6.07, 6.45) is -1.35. The fourth-order valence-electron chi connectivity index (χ4n) is 4.91. The zero-order valence-electron chi connectivity index (χ0n) is 22.9. The van der Waals surface area contributed by atoms with E-state index in [0.717, 1.165) is 30.1 Å². The summed E-state index contributed by atoms with van der Waals surface area (Å²) in [4.78, 5) is 26.0. The average molecular weight is 577 g/mol. The zero-order valence-corrected chi connectivity index (χ0v) is 22.9. The molecule has 0 unspecified atom stereocenters. The first-order chi connectivity index (χ1) is 20.1. The van der Waals surface area contributed by atoms with E-state index >= 15 is 0 Å². The van der Waals surface area contributed by atoms with Crippen molar-refractivity contribution in [3.05, 3.63) is 77.1 Å². The summed E-state index contributed by atoms with van der Waals surface area (Å²) < 4.78 is 47.5. The molecule has 1 aliphatic heterocycles. The van der Waals surface area contributed by atoms with E-state index in [1.807, 2.05) is 24.9 Å². The van der Waals surface area contributed by atoms with Crippen LogP contribution in [-0.2, 0) is 12.7 Å². The molecule has 1 saturated heterocycles. The molecule has 0 bridgehead atoms. The number of nitrogens with zero attached hydrogens (tertiary/aromatic N) is 6. The molecule has 42 heavy (non-hydrogen) atoms. The number of aromatic amines is 1. The van der Waals surface area contributed by atoms with Crippen LogP contribution in [0.25, 0.3) is 33.9 Å². The maximum atomic E-state index is 14.0. The van der Waals surface area contributed by atoms with E-state index in [1.54, 1.807) is 30.6 Å². The van der Waals surface area contributed by atoms with Gasteiger partial charge >= 0.3 is 6.18 Å². The van der Waals surface area contributed by atoms with Crippen LogP contribution in [0.5, 0.6) is 0 Å². The van der Waals surface area contributed by atoms with Gasteiger partial charge in [0, 0.05) is 61.1 Å². The van der Waals surface area contributed by atoms with Gasteiger partial charge in [0.25, 0.3) is 11.8 Å². The molecule has 0 radical (unpaired) electrons. The van der Waals surface area contributed by atoms with Crippen LogP contribution in [0, 0.1) is 6.92 Å². The second-order valence-corrected chi connectivity index (χ2v) is 10.4. The van der Waals surface area contributed by atoms with Crippen LogP contribution < -0.4 is 5.32 Å². The summed E-state index contributed by atoms with van der Waals surface area (Å²) in [5.74, 6) is -0.0576. The van der Waals surface area contributed by atoms with Crippen molar-refractivity contribution >= 4 is 22.6 Å². The van der Waals surface area contributed by atoms with Gasteiger partial charge in [0.1, 0.15) is 0 Å². The van der Waals surface area contributed by atoms with Gasteiger partial charge < -0.3 is 14.7 Å². The van der Waals surface area contributed by atoms with Crippen molar-refractivity contribution in [2.75, 3.05) is 38.5 Å². The maximum Gasteiger partial charge on any atom is 0.416 e. The summed E-state index contributed by atoms with van der Waals surface area (Å²) >= 11 is 0. The predicted molar refractivity (Wildman–Crippen MR) is 150 cm³/mol. The number of halogens is 3. The van der Waals surface area contributed by atoms with E-state index < -0.39 is 17.6 Å². The first kappa shape index (κ1) is 27.5. The molecule has 3 aromatic heterocycles. The lowest BCUT2D eigenvalue weighted by Crippen LogP contribution is -2.44. The number of piperazine rings is 1. The fraction of sp³-hybridized carbons (Fsp3) is 0.276. The van der Waals surface area contributed by atoms with Crippen molar-refractivity contribution in [1.29, 1.82) is 0 Å². The number of carbonyl (C=O) groups is 1. The van der Waals surface area contributed by atoms with Crippen LogP contribution in [0.3, 0.4) is 0 Å². The highest BCUT2D eigenvalue weighted by Gasteiger charge is 2.34. The third-order valence-corrected chi connectivity index (χ3v) is 7.37. The van der Waals surface area contributed by atoms with E-state index in [-0.39, 0.29) is 35.1 Å². The average Bonchev–Trinajstić information content (AvgIpc) is 3.64. The number of alkyl halides is 3. The van der Waals surface area contributed by atoms with Crippen molar-refractivity contribution in [3.8, 4) is 22.8 Å². The molecule has 6 rings (SSSR count). The molecule has 2 N–H and O–H groups in total. The number of amides is 1. The number of likely N-dealkylation sites (N-methyl/N-ethyl adjacent to an activating group) is 1. The number of fused-ring (bicyclic) bond motifs is 1. The Bertz CT molecular complexity index is 1760. The Hall–Kier alpha value is -4.62. The summed E-state index contributed by atoms with van der Waals surface area (Å²) in [5, 5.41) is 14.2. The van der Waals surface area contributed by atoms with E-state index in [1.165, 1.54) is 12.1 Å².